The van der Waals surface area contributed by atoms with Crippen molar-refractivity contribution in [3.05, 3.63) is 67.3 Å². The molecular weight excluding hydrogens is 276 g/mol. The molecule has 4 aromatic heterocycles. The summed E-state index contributed by atoms with van der Waals surface area (Å²) >= 11 is 0. The SMILES string of the molecule is c1ccc(Nc2nccc(-c3cnc4ccccn34)n2)nc1. The van der Waals surface area contributed by atoms with E-state index < -0.39 is 0 Å². The highest BCUT2D eigenvalue weighted by Gasteiger charge is 2.08. The van der Waals surface area contributed by atoms with E-state index in [9.17, 15) is 0 Å². The molecule has 1 N–H and O–H groups in total. The maximum Gasteiger partial charge on any atom is 0.228 e. The van der Waals surface area contributed by atoms with Gasteiger partial charge >= 0.3 is 0 Å². The summed E-state index contributed by atoms with van der Waals surface area (Å²) in [6, 6.07) is 13.4. The zero-order valence-corrected chi connectivity index (χ0v) is 11.6. The van der Waals surface area contributed by atoms with Crippen molar-refractivity contribution in [2.24, 2.45) is 0 Å². The number of nitrogens with one attached hydrogen (secondary N) is 1. The Morgan fingerprint density at radius 2 is 1.82 bits per heavy atom. The second-order valence-electron chi connectivity index (χ2n) is 4.68. The Balaban J connectivity index is 1.73. The Labute approximate surface area is 126 Å². The monoisotopic (exact) mass is 288 g/mol. The van der Waals surface area contributed by atoms with Gasteiger partial charge in [0.05, 0.1) is 17.6 Å². The van der Waals surface area contributed by atoms with Gasteiger partial charge in [-0.05, 0) is 30.3 Å². The minimum absolute atomic E-state index is 0.502. The first-order valence-corrected chi connectivity index (χ1v) is 6.84. The molecule has 106 valence electrons. The van der Waals surface area contributed by atoms with Gasteiger partial charge < -0.3 is 5.32 Å². The van der Waals surface area contributed by atoms with Crippen molar-refractivity contribution >= 4 is 17.4 Å². The highest BCUT2D eigenvalue weighted by molar-refractivity contribution is 5.61. The Morgan fingerprint density at radius 1 is 0.864 bits per heavy atom. The summed E-state index contributed by atoms with van der Waals surface area (Å²) in [6.45, 7) is 0. The summed E-state index contributed by atoms with van der Waals surface area (Å²) in [5.74, 6) is 1.21. The highest BCUT2D eigenvalue weighted by Crippen LogP contribution is 2.20. The van der Waals surface area contributed by atoms with E-state index in [1.807, 2.05) is 59.3 Å². The molecule has 0 aromatic carbocycles. The molecule has 0 fully saturated rings. The van der Waals surface area contributed by atoms with Crippen molar-refractivity contribution in [3.63, 3.8) is 0 Å². The lowest BCUT2D eigenvalue weighted by Crippen LogP contribution is -2.00. The molecule has 0 bridgehead atoms. The Kier molecular flexibility index (Phi) is 2.97. The number of rotatable bonds is 3. The summed E-state index contributed by atoms with van der Waals surface area (Å²) in [5, 5.41) is 3.09. The third kappa shape index (κ3) is 2.26. The van der Waals surface area contributed by atoms with Crippen molar-refractivity contribution in [2.75, 3.05) is 5.32 Å². The smallest absolute Gasteiger partial charge is 0.228 e. The normalized spacial score (nSPS) is 10.7. The van der Waals surface area contributed by atoms with Crippen molar-refractivity contribution < 1.29 is 0 Å². The first-order valence-electron chi connectivity index (χ1n) is 6.84. The number of aromatic nitrogens is 5. The molecule has 0 atom stereocenters. The molecule has 0 amide bonds. The van der Waals surface area contributed by atoms with Gasteiger partial charge in [-0.25, -0.2) is 19.9 Å². The molecule has 4 aromatic rings. The molecule has 0 aliphatic rings. The van der Waals surface area contributed by atoms with Gasteiger partial charge in [0.2, 0.25) is 5.95 Å². The van der Waals surface area contributed by atoms with Crippen molar-refractivity contribution in [1.29, 1.82) is 0 Å². The van der Waals surface area contributed by atoms with Gasteiger partial charge in [-0.3, -0.25) is 4.40 Å². The van der Waals surface area contributed by atoms with E-state index in [2.05, 4.69) is 25.3 Å². The summed E-state index contributed by atoms with van der Waals surface area (Å²) < 4.78 is 1.99. The van der Waals surface area contributed by atoms with Gasteiger partial charge in [0.15, 0.2) is 0 Å². The standard InChI is InChI=1S/C16H12N6/c1-3-8-17-14(5-1)21-16-18-9-7-12(20-16)13-11-19-15-6-2-4-10-22(13)15/h1-11H,(H,17,18,20,21). The Hall–Kier alpha value is -3.28. The predicted molar refractivity (Wildman–Crippen MR) is 83.7 cm³/mol. The summed E-state index contributed by atoms with van der Waals surface area (Å²) in [4.78, 5) is 17.4. The van der Waals surface area contributed by atoms with Crippen LogP contribution in [0.4, 0.5) is 11.8 Å². The number of hydrogen-bond acceptors (Lipinski definition) is 5. The molecule has 0 spiro atoms. The van der Waals surface area contributed by atoms with Crippen LogP contribution in [0.2, 0.25) is 0 Å². The largest absolute Gasteiger partial charge is 0.309 e. The molecule has 22 heavy (non-hydrogen) atoms. The number of hydrogen-bond donors (Lipinski definition) is 1. The van der Waals surface area contributed by atoms with Gasteiger partial charge in [-0.2, -0.15) is 0 Å². The van der Waals surface area contributed by atoms with E-state index in [1.54, 1.807) is 12.4 Å². The Bertz CT molecular complexity index is 916. The van der Waals surface area contributed by atoms with E-state index in [1.165, 1.54) is 0 Å². The summed E-state index contributed by atoms with van der Waals surface area (Å²) in [6.07, 6.45) is 7.21. The molecular formula is C16H12N6. The van der Waals surface area contributed by atoms with Crippen LogP contribution in [0.15, 0.2) is 67.3 Å². The number of nitrogens with zero attached hydrogens (tertiary/aromatic N) is 5. The van der Waals surface area contributed by atoms with E-state index >= 15 is 0 Å². The summed E-state index contributed by atoms with van der Waals surface area (Å²) in [7, 11) is 0. The van der Waals surface area contributed by atoms with Gasteiger partial charge in [-0.1, -0.05) is 12.1 Å². The highest BCUT2D eigenvalue weighted by atomic mass is 15.1. The predicted octanol–water partition coefficient (Wildman–Crippen LogP) is 2.93. The molecule has 4 heterocycles. The first-order chi connectivity index (χ1) is 10.9. The molecule has 6 heteroatoms. The maximum absolute atomic E-state index is 4.54. The van der Waals surface area contributed by atoms with Crippen LogP contribution in [0.1, 0.15) is 0 Å². The zero-order chi connectivity index (χ0) is 14.8. The van der Waals surface area contributed by atoms with Crippen molar-refractivity contribution in [2.45, 2.75) is 0 Å². The number of fused-ring (bicyclic) bond motifs is 1. The van der Waals surface area contributed by atoms with Crippen LogP contribution in [0, 0.1) is 0 Å². The second kappa shape index (κ2) is 5.25. The quantitative estimate of drug-likeness (QED) is 0.627. The van der Waals surface area contributed by atoms with Crippen LogP contribution >= 0.6 is 0 Å². The van der Waals surface area contributed by atoms with Gasteiger partial charge in [-0.15, -0.1) is 0 Å². The van der Waals surface area contributed by atoms with Gasteiger partial charge in [0.25, 0.3) is 0 Å². The molecule has 4 rings (SSSR count). The lowest BCUT2D eigenvalue weighted by atomic mass is 10.3. The molecule has 0 saturated carbocycles. The number of imidazole rings is 1. The molecule has 0 unspecified atom stereocenters. The number of pyridine rings is 2. The van der Waals surface area contributed by atoms with E-state index in [4.69, 9.17) is 0 Å². The van der Waals surface area contributed by atoms with Crippen molar-refractivity contribution in [1.82, 2.24) is 24.3 Å². The molecule has 0 aliphatic heterocycles. The van der Waals surface area contributed by atoms with Crippen LogP contribution in [0.3, 0.4) is 0 Å². The lowest BCUT2D eigenvalue weighted by Gasteiger charge is -2.05. The second-order valence-corrected chi connectivity index (χ2v) is 4.68. The molecule has 0 radical (unpaired) electrons. The van der Waals surface area contributed by atoms with Crippen LogP contribution in [-0.2, 0) is 0 Å². The lowest BCUT2D eigenvalue weighted by molar-refractivity contribution is 1.12. The Morgan fingerprint density at radius 3 is 2.73 bits per heavy atom. The number of anilines is 2. The van der Waals surface area contributed by atoms with Crippen LogP contribution in [0.5, 0.6) is 0 Å². The van der Waals surface area contributed by atoms with E-state index in [0.717, 1.165) is 17.0 Å². The van der Waals surface area contributed by atoms with E-state index in [-0.39, 0.29) is 0 Å². The minimum Gasteiger partial charge on any atom is -0.309 e. The van der Waals surface area contributed by atoms with Crippen molar-refractivity contribution in [3.8, 4) is 11.4 Å². The maximum atomic E-state index is 4.54. The third-order valence-electron chi connectivity index (χ3n) is 3.24. The fourth-order valence-corrected chi connectivity index (χ4v) is 2.23. The molecule has 6 nitrogen and oxygen atoms in total. The zero-order valence-electron chi connectivity index (χ0n) is 11.6. The van der Waals surface area contributed by atoms with Crippen LogP contribution in [0.25, 0.3) is 17.0 Å². The first kappa shape index (κ1) is 12.5. The topological polar surface area (TPSA) is 68.0 Å². The fourth-order valence-electron chi connectivity index (χ4n) is 2.23. The van der Waals surface area contributed by atoms with Crippen LogP contribution < -0.4 is 5.32 Å². The third-order valence-corrected chi connectivity index (χ3v) is 3.24. The van der Waals surface area contributed by atoms with E-state index in [0.29, 0.717) is 11.8 Å². The minimum atomic E-state index is 0.502. The average molecular weight is 288 g/mol. The van der Waals surface area contributed by atoms with Crippen LogP contribution in [-0.4, -0.2) is 24.3 Å². The average Bonchev–Trinajstić information content (AvgIpc) is 3.00. The van der Waals surface area contributed by atoms with Gasteiger partial charge in [0, 0.05) is 18.6 Å². The molecule has 0 aliphatic carbocycles. The van der Waals surface area contributed by atoms with Gasteiger partial charge in [0.1, 0.15) is 11.5 Å². The molecule has 0 saturated heterocycles. The summed E-state index contributed by atoms with van der Waals surface area (Å²) in [5.41, 5.74) is 2.60. The fraction of sp³-hybridized carbons (Fsp3) is 0.